The summed E-state index contributed by atoms with van der Waals surface area (Å²) >= 11 is 0. The van der Waals surface area contributed by atoms with Gasteiger partial charge in [-0.05, 0) is 0 Å². The fourth-order valence-electron chi connectivity index (χ4n) is 0.683. The summed E-state index contributed by atoms with van der Waals surface area (Å²) in [6, 6.07) is 1.13. The van der Waals surface area contributed by atoms with Crippen LogP contribution in [0.4, 0.5) is 0 Å². The van der Waals surface area contributed by atoms with Crippen molar-refractivity contribution in [1.29, 1.82) is 0 Å². The van der Waals surface area contributed by atoms with E-state index in [1.165, 1.54) is 6.20 Å². The molecule has 0 aliphatic heterocycles. The highest BCUT2D eigenvalue weighted by Gasteiger charge is 2.13. The molecule has 0 saturated heterocycles. The van der Waals surface area contributed by atoms with Crippen LogP contribution in [0.1, 0.15) is 0 Å². The first kappa shape index (κ1) is 9.12. The summed E-state index contributed by atoms with van der Waals surface area (Å²) in [5, 5.41) is 0. The zero-order chi connectivity index (χ0) is 9.19. The van der Waals surface area contributed by atoms with Gasteiger partial charge >= 0.3 is 7.60 Å². The number of nitrogens with zero attached hydrogens (tertiary/aromatic N) is 2. The third-order valence-electron chi connectivity index (χ3n) is 1.13. The molecule has 0 aromatic carbocycles. The minimum absolute atomic E-state index is 0.478. The maximum atomic E-state index is 10.9. The van der Waals surface area contributed by atoms with E-state index in [-0.39, 0.29) is 0 Å². The molecule has 7 heteroatoms. The monoisotopic (exact) mass is 190 g/mol. The average molecular weight is 190 g/mol. The summed E-state index contributed by atoms with van der Waals surface area (Å²) in [6.45, 7) is 0. The predicted molar refractivity (Wildman–Crippen MR) is 40.5 cm³/mol. The average Bonchev–Trinajstić information content (AvgIpc) is 1.91. The lowest BCUT2D eigenvalue weighted by Crippen LogP contribution is -2.18. The molecule has 1 aromatic rings. The second-order valence-corrected chi connectivity index (χ2v) is 3.81. The highest BCUT2D eigenvalue weighted by atomic mass is 31.2. The number of rotatable bonds is 2. The van der Waals surface area contributed by atoms with Crippen molar-refractivity contribution in [3.63, 3.8) is 0 Å². The standard InChI is InChI=1S/C5H7N2O4P/c8-5-1-2-6-3-7(5)4-12(9,10)11/h1-3H,4H2,(H2,9,10,11). The lowest BCUT2D eigenvalue weighted by Gasteiger charge is -2.04. The summed E-state index contributed by atoms with van der Waals surface area (Å²) in [6.07, 6.45) is 1.72. The second kappa shape index (κ2) is 3.18. The Bertz CT molecular complexity index is 368. The first-order valence-electron chi connectivity index (χ1n) is 3.04. The molecule has 0 aliphatic rings. The largest absolute Gasteiger partial charge is 0.345 e. The molecule has 0 bridgehead atoms. The molecule has 0 aliphatic carbocycles. The first-order chi connectivity index (χ1) is 5.49. The molecule has 6 nitrogen and oxygen atoms in total. The van der Waals surface area contributed by atoms with Gasteiger partial charge in [-0.3, -0.25) is 13.9 Å². The Morgan fingerprint density at radius 1 is 1.58 bits per heavy atom. The molecule has 0 saturated carbocycles. The molecular weight excluding hydrogens is 183 g/mol. The van der Waals surface area contributed by atoms with E-state index >= 15 is 0 Å². The van der Waals surface area contributed by atoms with Crippen LogP contribution in [0.5, 0.6) is 0 Å². The molecule has 0 amide bonds. The Balaban J connectivity index is 2.99. The smallest absolute Gasteiger partial charge is 0.323 e. The van der Waals surface area contributed by atoms with E-state index in [1.54, 1.807) is 0 Å². The molecule has 1 heterocycles. The minimum Gasteiger partial charge on any atom is -0.323 e. The zero-order valence-corrected chi connectivity index (χ0v) is 6.89. The van der Waals surface area contributed by atoms with Gasteiger partial charge in [0.2, 0.25) is 0 Å². The summed E-state index contributed by atoms with van der Waals surface area (Å²) < 4.78 is 11.3. The Morgan fingerprint density at radius 3 is 2.75 bits per heavy atom. The molecule has 1 aromatic heterocycles. The number of hydrogen-bond acceptors (Lipinski definition) is 3. The van der Waals surface area contributed by atoms with Crippen LogP contribution in [-0.2, 0) is 10.9 Å². The molecule has 0 atom stereocenters. The Hall–Kier alpha value is -0.970. The molecule has 66 valence electrons. The maximum absolute atomic E-state index is 10.9. The molecule has 1 rings (SSSR count). The van der Waals surface area contributed by atoms with Gasteiger partial charge in [0, 0.05) is 12.3 Å². The fourth-order valence-corrected chi connectivity index (χ4v) is 1.29. The van der Waals surface area contributed by atoms with Crippen molar-refractivity contribution in [3.8, 4) is 0 Å². The first-order valence-corrected chi connectivity index (χ1v) is 4.84. The topological polar surface area (TPSA) is 92.4 Å². The van der Waals surface area contributed by atoms with Gasteiger partial charge in [0.15, 0.2) is 0 Å². The lowest BCUT2D eigenvalue weighted by atomic mass is 10.6. The van der Waals surface area contributed by atoms with Gasteiger partial charge in [-0.2, -0.15) is 0 Å². The summed E-state index contributed by atoms with van der Waals surface area (Å²) in [7, 11) is -4.19. The molecule has 12 heavy (non-hydrogen) atoms. The SMILES string of the molecule is O=c1ccncn1CP(=O)(O)O. The van der Waals surface area contributed by atoms with Crippen LogP contribution in [0, 0.1) is 0 Å². The van der Waals surface area contributed by atoms with Crippen molar-refractivity contribution >= 4 is 7.60 Å². The van der Waals surface area contributed by atoms with Crippen molar-refractivity contribution in [2.75, 3.05) is 0 Å². The molecular formula is C5H7N2O4P. The molecule has 0 unspecified atom stereocenters. The van der Waals surface area contributed by atoms with Crippen LogP contribution < -0.4 is 5.56 Å². The Labute approximate surface area is 67.7 Å². The van der Waals surface area contributed by atoms with Gasteiger partial charge in [0.25, 0.3) is 5.56 Å². The van der Waals surface area contributed by atoms with Crippen LogP contribution in [0.15, 0.2) is 23.4 Å². The van der Waals surface area contributed by atoms with Crippen molar-refractivity contribution in [1.82, 2.24) is 9.55 Å². The van der Waals surface area contributed by atoms with Gasteiger partial charge in [0.05, 0.1) is 6.33 Å². The zero-order valence-electron chi connectivity index (χ0n) is 5.99. The quantitative estimate of drug-likeness (QED) is 0.606. The van der Waals surface area contributed by atoms with E-state index in [0.29, 0.717) is 0 Å². The van der Waals surface area contributed by atoms with Gasteiger partial charge in [-0.15, -0.1) is 0 Å². The molecule has 0 radical (unpaired) electrons. The van der Waals surface area contributed by atoms with E-state index in [2.05, 4.69) is 4.98 Å². The highest BCUT2D eigenvalue weighted by Crippen LogP contribution is 2.35. The van der Waals surface area contributed by atoms with Gasteiger partial charge in [-0.1, -0.05) is 0 Å². The number of hydrogen-bond donors (Lipinski definition) is 2. The third-order valence-corrected chi connectivity index (χ3v) is 1.80. The van der Waals surface area contributed by atoms with Crippen LogP contribution in [0.25, 0.3) is 0 Å². The van der Waals surface area contributed by atoms with Gasteiger partial charge in [0.1, 0.15) is 6.29 Å². The van der Waals surface area contributed by atoms with E-state index in [4.69, 9.17) is 9.79 Å². The van der Waals surface area contributed by atoms with Crippen molar-refractivity contribution < 1.29 is 14.4 Å². The highest BCUT2D eigenvalue weighted by molar-refractivity contribution is 7.50. The predicted octanol–water partition coefficient (Wildman–Crippen LogP) is -0.621. The van der Waals surface area contributed by atoms with Gasteiger partial charge < -0.3 is 9.79 Å². The van der Waals surface area contributed by atoms with E-state index in [9.17, 15) is 9.36 Å². The lowest BCUT2D eigenvalue weighted by molar-refractivity contribution is 0.361. The van der Waals surface area contributed by atoms with E-state index < -0.39 is 19.4 Å². The number of aromatic nitrogens is 2. The van der Waals surface area contributed by atoms with E-state index in [0.717, 1.165) is 17.0 Å². The molecule has 0 spiro atoms. The van der Waals surface area contributed by atoms with Crippen LogP contribution in [-0.4, -0.2) is 19.3 Å². The Kier molecular flexibility index (Phi) is 2.42. The molecule has 2 N–H and O–H groups in total. The van der Waals surface area contributed by atoms with Crippen molar-refractivity contribution in [2.24, 2.45) is 0 Å². The van der Waals surface area contributed by atoms with E-state index in [1.807, 2.05) is 0 Å². The fraction of sp³-hybridized carbons (Fsp3) is 0.200. The summed E-state index contributed by atoms with van der Waals surface area (Å²) in [4.78, 5) is 31.5. The summed E-state index contributed by atoms with van der Waals surface area (Å²) in [5.74, 6) is 0. The molecule has 0 fully saturated rings. The summed E-state index contributed by atoms with van der Waals surface area (Å²) in [5.41, 5.74) is -0.478. The normalized spacial score (nSPS) is 11.5. The second-order valence-electron chi connectivity index (χ2n) is 2.19. The van der Waals surface area contributed by atoms with Crippen molar-refractivity contribution in [3.05, 3.63) is 28.9 Å². The van der Waals surface area contributed by atoms with Crippen LogP contribution in [0.3, 0.4) is 0 Å². The van der Waals surface area contributed by atoms with Crippen molar-refractivity contribution in [2.45, 2.75) is 6.29 Å². The minimum atomic E-state index is -4.19. The third kappa shape index (κ3) is 2.58. The van der Waals surface area contributed by atoms with Crippen LogP contribution in [0.2, 0.25) is 0 Å². The van der Waals surface area contributed by atoms with Gasteiger partial charge in [-0.25, -0.2) is 4.98 Å². The Morgan fingerprint density at radius 2 is 2.25 bits per heavy atom. The maximum Gasteiger partial charge on any atom is 0.345 e. The van der Waals surface area contributed by atoms with Crippen LogP contribution >= 0.6 is 7.60 Å².